The van der Waals surface area contributed by atoms with Crippen LogP contribution in [0.5, 0.6) is 0 Å². The minimum Gasteiger partial charge on any atom is -0.293 e. The van der Waals surface area contributed by atoms with E-state index in [1.54, 1.807) is 0 Å². The molecule has 1 saturated carbocycles. The Balaban J connectivity index is 2.10. The molecule has 1 heteroatoms. The smallest absolute Gasteiger partial charge is 0.173 e. The first-order chi connectivity index (χ1) is 12.0. The lowest BCUT2D eigenvalue weighted by molar-refractivity contribution is 0.0884. The van der Waals surface area contributed by atoms with Crippen LogP contribution in [0.3, 0.4) is 0 Å². The monoisotopic (exact) mass is 334 g/mol. The predicted molar refractivity (Wildman–Crippen MR) is 106 cm³/mol. The number of ketones is 1. The molecular formula is C24H30O. The lowest BCUT2D eigenvalue weighted by Crippen LogP contribution is -2.33. The molecule has 1 aliphatic carbocycles. The third kappa shape index (κ3) is 3.29. The summed E-state index contributed by atoms with van der Waals surface area (Å²) in [6.45, 7) is 8.81. The lowest BCUT2D eigenvalue weighted by atomic mass is 9.71. The average Bonchev–Trinajstić information content (AvgIpc) is 3.12. The molecule has 25 heavy (non-hydrogen) atoms. The highest BCUT2D eigenvalue weighted by molar-refractivity contribution is 6.05. The van der Waals surface area contributed by atoms with E-state index in [4.69, 9.17) is 0 Å². The summed E-state index contributed by atoms with van der Waals surface area (Å²) in [5.74, 6) is 1.17. The van der Waals surface area contributed by atoms with Gasteiger partial charge in [0.2, 0.25) is 0 Å². The van der Waals surface area contributed by atoms with Crippen molar-refractivity contribution in [2.75, 3.05) is 0 Å². The summed E-state index contributed by atoms with van der Waals surface area (Å²) in [5, 5.41) is 0. The van der Waals surface area contributed by atoms with Crippen LogP contribution >= 0.6 is 0 Å². The summed E-state index contributed by atoms with van der Waals surface area (Å²) in [4.78, 5) is 13.8. The number of benzene rings is 2. The van der Waals surface area contributed by atoms with Gasteiger partial charge in [0.1, 0.15) is 0 Å². The van der Waals surface area contributed by atoms with Crippen molar-refractivity contribution < 1.29 is 4.79 Å². The molecule has 0 N–H and O–H groups in total. The molecule has 0 heterocycles. The normalized spacial score (nSPS) is 16.6. The van der Waals surface area contributed by atoms with E-state index >= 15 is 0 Å². The number of rotatable bonds is 5. The fourth-order valence-electron chi connectivity index (χ4n) is 4.27. The number of hydrogen-bond acceptors (Lipinski definition) is 1. The molecule has 0 unspecified atom stereocenters. The Bertz CT molecular complexity index is 734. The van der Waals surface area contributed by atoms with Crippen LogP contribution in [0.1, 0.15) is 92.3 Å². The zero-order valence-corrected chi connectivity index (χ0v) is 16.0. The molecule has 1 aliphatic rings. The van der Waals surface area contributed by atoms with E-state index in [0.29, 0.717) is 17.6 Å². The Hall–Kier alpha value is -1.89. The highest BCUT2D eigenvalue weighted by Crippen LogP contribution is 2.44. The highest BCUT2D eigenvalue weighted by Gasteiger charge is 2.43. The van der Waals surface area contributed by atoms with Gasteiger partial charge in [-0.25, -0.2) is 0 Å². The summed E-state index contributed by atoms with van der Waals surface area (Å²) >= 11 is 0. The molecule has 0 saturated heterocycles. The van der Waals surface area contributed by atoms with E-state index in [1.165, 1.54) is 16.7 Å². The molecule has 3 rings (SSSR count). The molecule has 0 bridgehead atoms. The van der Waals surface area contributed by atoms with Crippen molar-refractivity contribution >= 4 is 5.78 Å². The summed E-state index contributed by atoms with van der Waals surface area (Å²) in [6.07, 6.45) is 4.22. The first-order valence-electron chi connectivity index (χ1n) is 9.70. The minimum absolute atomic E-state index is 0.329. The van der Waals surface area contributed by atoms with Crippen molar-refractivity contribution in [3.8, 4) is 0 Å². The third-order valence-electron chi connectivity index (χ3n) is 5.83. The number of Topliss-reactive ketones (excluding diaryl/α,β-unsaturated/α-hetero) is 1. The molecule has 0 radical (unpaired) electrons. The molecule has 1 fully saturated rings. The Morgan fingerprint density at radius 2 is 1.52 bits per heavy atom. The summed E-state index contributed by atoms with van der Waals surface area (Å²) in [6, 6.07) is 16.9. The van der Waals surface area contributed by atoms with Gasteiger partial charge >= 0.3 is 0 Å². The van der Waals surface area contributed by atoms with Gasteiger partial charge in [-0.05, 0) is 41.4 Å². The number of carbonyl (C=O) groups excluding carboxylic acids is 1. The Kier molecular flexibility index (Phi) is 5.13. The van der Waals surface area contributed by atoms with Crippen LogP contribution in [0, 0.1) is 0 Å². The van der Waals surface area contributed by atoms with Crippen molar-refractivity contribution in [1.29, 1.82) is 0 Å². The van der Waals surface area contributed by atoms with Crippen molar-refractivity contribution in [1.82, 2.24) is 0 Å². The van der Waals surface area contributed by atoms with Crippen molar-refractivity contribution in [3.63, 3.8) is 0 Å². The maximum absolute atomic E-state index is 13.8. The maximum atomic E-state index is 13.8. The van der Waals surface area contributed by atoms with Gasteiger partial charge in [-0.1, -0.05) is 89.1 Å². The standard InChI is InChI=1S/C24H30O/c1-17(2)19-12-13-21(22(16-19)18(3)4)23(25)24(14-8-9-15-24)20-10-6-5-7-11-20/h5-7,10-13,16-18H,8-9,14-15H2,1-4H3. The predicted octanol–water partition coefficient (Wildman–Crippen LogP) is 6.63. The Labute approximate surface area is 152 Å². The molecule has 0 amide bonds. The van der Waals surface area contributed by atoms with E-state index < -0.39 is 0 Å². The molecule has 0 aliphatic heterocycles. The lowest BCUT2D eigenvalue weighted by Gasteiger charge is -2.30. The Morgan fingerprint density at radius 1 is 0.880 bits per heavy atom. The minimum atomic E-state index is -0.329. The van der Waals surface area contributed by atoms with Crippen LogP contribution in [0.25, 0.3) is 0 Å². The molecule has 0 spiro atoms. The van der Waals surface area contributed by atoms with Gasteiger partial charge in [-0.15, -0.1) is 0 Å². The molecule has 0 atom stereocenters. The molecule has 2 aromatic carbocycles. The second-order valence-electron chi connectivity index (χ2n) is 8.14. The SMILES string of the molecule is CC(C)c1ccc(C(=O)C2(c3ccccc3)CCCC2)c(C(C)C)c1. The molecule has 132 valence electrons. The fourth-order valence-corrected chi connectivity index (χ4v) is 4.27. The Morgan fingerprint density at radius 3 is 2.08 bits per heavy atom. The number of hydrogen-bond donors (Lipinski definition) is 0. The van der Waals surface area contributed by atoms with E-state index in [-0.39, 0.29) is 5.41 Å². The second kappa shape index (κ2) is 7.15. The number of carbonyl (C=O) groups is 1. The summed E-state index contributed by atoms with van der Waals surface area (Å²) in [7, 11) is 0. The second-order valence-corrected chi connectivity index (χ2v) is 8.14. The topological polar surface area (TPSA) is 17.1 Å². The first-order valence-corrected chi connectivity index (χ1v) is 9.70. The van der Waals surface area contributed by atoms with Crippen molar-refractivity contribution in [2.45, 2.75) is 70.6 Å². The van der Waals surface area contributed by atoms with Gasteiger partial charge in [0.15, 0.2) is 5.78 Å². The van der Waals surface area contributed by atoms with Crippen LogP contribution in [-0.2, 0) is 5.41 Å². The first kappa shape index (κ1) is 17.9. The van der Waals surface area contributed by atoms with Gasteiger partial charge < -0.3 is 0 Å². The van der Waals surface area contributed by atoms with Crippen molar-refractivity contribution in [3.05, 3.63) is 70.8 Å². The molecular weight excluding hydrogens is 304 g/mol. The van der Waals surface area contributed by atoms with Gasteiger partial charge in [0.25, 0.3) is 0 Å². The van der Waals surface area contributed by atoms with Gasteiger partial charge in [-0.2, -0.15) is 0 Å². The molecule has 1 nitrogen and oxygen atoms in total. The third-order valence-corrected chi connectivity index (χ3v) is 5.83. The largest absolute Gasteiger partial charge is 0.293 e. The van der Waals surface area contributed by atoms with E-state index in [9.17, 15) is 4.79 Å². The summed E-state index contributed by atoms with van der Waals surface area (Å²) in [5.41, 5.74) is 4.33. The van der Waals surface area contributed by atoms with Crippen LogP contribution in [0.4, 0.5) is 0 Å². The zero-order chi connectivity index (χ0) is 18.0. The van der Waals surface area contributed by atoms with Gasteiger partial charge in [0, 0.05) is 5.56 Å². The average molecular weight is 335 g/mol. The van der Waals surface area contributed by atoms with Gasteiger partial charge in [0.05, 0.1) is 5.41 Å². The van der Waals surface area contributed by atoms with Crippen molar-refractivity contribution in [2.24, 2.45) is 0 Å². The zero-order valence-electron chi connectivity index (χ0n) is 16.0. The summed E-state index contributed by atoms with van der Waals surface area (Å²) < 4.78 is 0. The van der Waals surface area contributed by atoms with E-state index in [2.05, 4.69) is 70.2 Å². The quantitative estimate of drug-likeness (QED) is 0.561. The van der Waals surface area contributed by atoms with Gasteiger partial charge in [-0.3, -0.25) is 4.79 Å². The van der Waals surface area contributed by atoms with E-state index in [0.717, 1.165) is 31.2 Å². The van der Waals surface area contributed by atoms with Crippen LogP contribution in [0.2, 0.25) is 0 Å². The molecule has 2 aromatic rings. The van der Waals surface area contributed by atoms with Crippen LogP contribution < -0.4 is 0 Å². The fraction of sp³-hybridized carbons (Fsp3) is 0.458. The highest BCUT2D eigenvalue weighted by atomic mass is 16.1. The van der Waals surface area contributed by atoms with E-state index in [1.807, 2.05) is 6.07 Å². The van der Waals surface area contributed by atoms with Crippen LogP contribution in [0.15, 0.2) is 48.5 Å². The maximum Gasteiger partial charge on any atom is 0.173 e. The van der Waals surface area contributed by atoms with Crippen LogP contribution in [-0.4, -0.2) is 5.78 Å². The molecule has 0 aromatic heterocycles.